The summed E-state index contributed by atoms with van der Waals surface area (Å²) in [5, 5.41) is 7.39. The highest BCUT2D eigenvalue weighted by atomic mass is 15.2. The van der Waals surface area contributed by atoms with E-state index in [0.29, 0.717) is 0 Å². The highest BCUT2D eigenvalue weighted by Crippen LogP contribution is 2.49. The van der Waals surface area contributed by atoms with Gasteiger partial charge in [0.15, 0.2) is 0 Å². The first-order valence-electron chi connectivity index (χ1n) is 17.8. The first kappa shape index (κ1) is 28.8. The average molecular weight is 662 g/mol. The molecule has 0 spiro atoms. The van der Waals surface area contributed by atoms with E-state index < -0.39 is 0 Å². The second-order valence-corrected chi connectivity index (χ2v) is 13.6. The van der Waals surface area contributed by atoms with Gasteiger partial charge in [-0.25, -0.2) is 4.98 Å². The molecule has 52 heavy (non-hydrogen) atoms. The van der Waals surface area contributed by atoms with Gasteiger partial charge in [0, 0.05) is 11.3 Å². The van der Waals surface area contributed by atoms with Crippen LogP contribution in [0.25, 0.3) is 82.7 Å². The van der Waals surface area contributed by atoms with Crippen molar-refractivity contribution in [2.24, 2.45) is 0 Å². The molecule has 3 nitrogen and oxygen atoms in total. The molecule has 10 aromatic rings. The third-order valence-electron chi connectivity index (χ3n) is 10.7. The van der Waals surface area contributed by atoms with Gasteiger partial charge >= 0.3 is 0 Å². The van der Waals surface area contributed by atoms with Gasteiger partial charge in [-0.2, -0.15) is 0 Å². The predicted octanol–water partition coefficient (Wildman–Crippen LogP) is 13.3. The number of benzene rings is 9. The topological polar surface area (TPSA) is 21.1 Å². The van der Waals surface area contributed by atoms with Gasteiger partial charge in [-0.1, -0.05) is 140 Å². The first-order valence-corrected chi connectivity index (χ1v) is 17.8. The summed E-state index contributed by atoms with van der Waals surface area (Å²) < 4.78 is 2.37. The smallest absolute Gasteiger partial charge is 0.145 e. The number of para-hydroxylation sites is 4. The summed E-state index contributed by atoms with van der Waals surface area (Å²) in [6.07, 6.45) is 0. The fourth-order valence-electron chi connectivity index (χ4n) is 8.43. The van der Waals surface area contributed by atoms with E-state index in [1.165, 1.54) is 54.6 Å². The minimum atomic E-state index is 0.934. The normalized spacial score (nSPS) is 12.2. The number of rotatable bonds is 4. The van der Waals surface area contributed by atoms with E-state index >= 15 is 0 Å². The zero-order valence-electron chi connectivity index (χ0n) is 28.2. The molecule has 9 aromatic carbocycles. The van der Waals surface area contributed by atoms with Crippen molar-refractivity contribution in [3.8, 4) is 39.3 Å². The number of hydrogen-bond donors (Lipinski definition) is 0. The Balaban J connectivity index is 1.24. The summed E-state index contributed by atoms with van der Waals surface area (Å²) in [6, 6.07) is 68.0. The lowest BCUT2D eigenvalue weighted by Gasteiger charge is -2.32. The van der Waals surface area contributed by atoms with Crippen molar-refractivity contribution in [1.29, 1.82) is 0 Å². The molecular weight excluding hydrogens is 631 g/mol. The Labute approximate surface area is 301 Å². The summed E-state index contributed by atoms with van der Waals surface area (Å²) in [7, 11) is 0. The fraction of sp³-hybridized carbons (Fsp3) is 0. The van der Waals surface area contributed by atoms with E-state index in [-0.39, 0.29) is 0 Å². The van der Waals surface area contributed by atoms with E-state index in [0.717, 1.165) is 45.2 Å². The molecule has 242 valence electrons. The Hall–Kier alpha value is -6.97. The van der Waals surface area contributed by atoms with Crippen LogP contribution in [0, 0.1) is 0 Å². The van der Waals surface area contributed by atoms with Gasteiger partial charge in [0.05, 0.1) is 28.1 Å². The number of aromatic nitrogens is 2. The zero-order chi connectivity index (χ0) is 34.2. The molecule has 0 N–H and O–H groups in total. The van der Waals surface area contributed by atoms with Crippen LogP contribution in [0.3, 0.4) is 0 Å². The van der Waals surface area contributed by atoms with Crippen LogP contribution in [-0.4, -0.2) is 9.55 Å². The quantitative estimate of drug-likeness (QED) is 0.175. The van der Waals surface area contributed by atoms with Crippen LogP contribution in [0.1, 0.15) is 0 Å². The van der Waals surface area contributed by atoms with Crippen LogP contribution in [-0.2, 0) is 0 Å². The minimum Gasteiger partial charge on any atom is -0.306 e. The zero-order valence-corrected chi connectivity index (χ0v) is 28.2. The lowest BCUT2D eigenvalue weighted by molar-refractivity contribution is 1.06. The van der Waals surface area contributed by atoms with E-state index in [9.17, 15) is 0 Å². The lowest BCUT2D eigenvalue weighted by atomic mass is 9.85. The van der Waals surface area contributed by atoms with Gasteiger partial charge in [0.1, 0.15) is 5.82 Å². The van der Waals surface area contributed by atoms with Gasteiger partial charge < -0.3 is 4.90 Å². The molecule has 3 heteroatoms. The second-order valence-electron chi connectivity index (χ2n) is 13.6. The Bertz CT molecular complexity index is 3010. The SMILES string of the molecule is c1ccc(-c2c3ccccc3c(-c3ccc4ccccc4c3)c3cc(-c4nc5cccc6c5n4-c4ccccc4N6c4ccccc4)ccc23)cc1. The molecule has 1 aliphatic heterocycles. The van der Waals surface area contributed by atoms with Crippen LogP contribution in [0.4, 0.5) is 17.1 Å². The third kappa shape index (κ3) is 4.23. The molecule has 0 aliphatic carbocycles. The van der Waals surface area contributed by atoms with Crippen LogP contribution in [0.2, 0.25) is 0 Å². The second kappa shape index (κ2) is 11.3. The van der Waals surface area contributed by atoms with Crippen molar-refractivity contribution in [3.05, 3.63) is 188 Å². The van der Waals surface area contributed by atoms with Crippen LogP contribution >= 0.6 is 0 Å². The number of anilines is 3. The molecule has 1 aromatic heterocycles. The van der Waals surface area contributed by atoms with Crippen molar-refractivity contribution >= 4 is 60.4 Å². The van der Waals surface area contributed by atoms with Gasteiger partial charge in [0.2, 0.25) is 0 Å². The molecule has 0 bridgehead atoms. The molecule has 0 amide bonds. The summed E-state index contributed by atoms with van der Waals surface area (Å²) in [4.78, 5) is 7.77. The van der Waals surface area contributed by atoms with Crippen molar-refractivity contribution in [2.75, 3.05) is 4.90 Å². The molecule has 0 saturated heterocycles. The molecule has 0 radical (unpaired) electrons. The average Bonchev–Trinajstić information content (AvgIpc) is 3.61. The van der Waals surface area contributed by atoms with E-state index in [4.69, 9.17) is 4.98 Å². The molecule has 11 rings (SSSR count). The monoisotopic (exact) mass is 661 g/mol. The maximum absolute atomic E-state index is 5.41. The molecular formula is C49H31N3. The van der Waals surface area contributed by atoms with E-state index in [1.54, 1.807) is 0 Å². The van der Waals surface area contributed by atoms with Crippen LogP contribution in [0.15, 0.2) is 188 Å². The minimum absolute atomic E-state index is 0.934. The Kier molecular flexibility index (Phi) is 6.25. The highest BCUT2D eigenvalue weighted by molar-refractivity contribution is 6.22. The van der Waals surface area contributed by atoms with E-state index in [1.807, 2.05) is 0 Å². The summed E-state index contributed by atoms with van der Waals surface area (Å²) in [5.41, 5.74) is 12.6. The number of hydrogen-bond acceptors (Lipinski definition) is 2. The summed E-state index contributed by atoms with van der Waals surface area (Å²) in [5.74, 6) is 0.934. The van der Waals surface area contributed by atoms with Crippen molar-refractivity contribution in [3.63, 3.8) is 0 Å². The third-order valence-corrected chi connectivity index (χ3v) is 10.7. The Morgan fingerprint density at radius 2 is 0.981 bits per heavy atom. The van der Waals surface area contributed by atoms with Gasteiger partial charge in [-0.3, -0.25) is 4.57 Å². The number of imidazole rings is 1. The number of nitrogens with zero attached hydrogens (tertiary/aromatic N) is 3. The molecule has 2 heterocycles. The van der Waals surface area contributed by atoms with Gasteiger partial charge in [-0.05, 0) is 103 Å². The fourth-order valence-corrected chi connectivity index (χ4v) is 8.43. The highest BCUT2D eigenvalue weighted by Gasteiger charge is 2.29. The van der Waals surface area contributed by atoms with Crippen molar-refractivity contribution < 1.29 is 0 Å². The molecule has 0 saturated carbocycles. The molecule has 0 atom stereocenters. The Morgan fingerprint density at radius 3 is 1.79 bits per heavy atom. The summed E-state index contributed by atoms with van der Waals surface area (Å²) in [6.45, 7) is 0. The van der Waals surface area contributed by atoms with Gasteiger partial charge in [-0.15, -0.1) is 0 Å². The van der Waals surface area contributed by atoms with E-state index in [2.05, 4.69) is 198 Å². The Morgan fingerprint density at radius 1 is 0.365 bits per heavy atom. The van der Waals surface area contributed by atoms with Crippen molar-refractivity contribution in [1.82, 2.24) is 9.55 Å². The molecule has 1 aliphatic rings. The number of fused-ring (bicyclic) bond motifs is 5. The summed E-state index contributed by atoms with van der Waals surface area (Å²) >= 11 is 0. The van der Waals surface area contributed by atoms with Crippen LogP contribution in [0.5, 0.6) is 0 Å². The molecule has 0 unspecified atom stereocenters. The maximum atomic E-state index is 5.41. The largest absolute Gasteiger partial charge is 0.306 e. The first-order chi connectivity index (χ1) is 25.8. The standard InChI is InChI=1S/C49H31N3/c1-3-15-33(16-4-1)46-38-20-9-10-21-39(38)47(35-27-26-32-14-7-8-17-34(32)30-35)41-31-36(28-29-40(41)46)49-50-42-22-13-25-45-48(42)52(49)44-24-12-11-23-43(44)51(45)37-18-5-2-6-19-37/h1-31H. The van der Waals surface area contributed by atoms with Gasteiger partial charge in [0.25, 0.3) is 0 Å². The van der Waals surface area contributed by atoms with Crippen molar-refractivity contribution in [2.45, 2.75) is 0 Å². The van der Waals surface area contributed by atoms with Crippen LogP contribution < -0.4 is 4.90 Å². The predicted molar refractivity (Wildman–Crippen MR) is 218 cm³/mol. The maximum Gasteiger partial charge on any atom is 0.145 e. The lowest BCUT2D eigenvalue weighted by Crippen LogP contribution is -2.18. The molecule has 0 fully saturated rings.